The minimum absolute atomic E-state index is 0.308. The Labute approximate surface area is 72.8 Å². The second-order valence-corrected chi connectivity index (χ2v) is 2.12. The number of H-pyrrole nitrogens is 1. The highest BCUT2D eigenvalue weighted by Crippen LogP contribution is 1.95. The third kappa shape index (κ3) is 1.89. The zero-order valence-electron chi connectivity index (χ0n) is 6.51. The summed E-state index contributed by atoms with van der Waals surface area (Å²) >= 11 is 0. The van der Waals surface area contributed by atoms with Crippen molar-refractivity contribution in [1.29, 1.82) is 0 Å². The lowest BCUT2D eigenvalue weighted by Gasteiger charge is -1.87. The van der Waals surface area contributed by atoms with Crippen molar-refractivity contribution in [3.8, 4) is 0 Å². The number of hydrazone groups is 1. The highest BCUT2D eigenvalue weighted by Gasteiger charge is 1.92. The molecule has 2 N–H and O–H groups in total. The van der Waals surface area contributed by atoms with Gasteiger partial charge in [0.05, 0.1) is 12.5 Å². The van der Waals surface area contributed by atoms with Gasteiger partial charge in [-0.25, -0.2) is 5.43 Å². The molecule has 0 unspecified atom stereocenters. The van der Waals surface area contributed by atoms with E-state index >= 15 is 0 Å². The molecule has 2 aromatic heterocycles. The summed E-state index contributed by atoms with van der Waals surface area (Å²) in [4.78, 5) is 0. The molecule has 0 aliphatic rings. The number of aromatic amines is 1. The maximum atomic E-state index is 5.00. The van der Waals surface area contributed by atoms with Crippen molar-refractivity contribution >= 4 is 12.2 Å². The molecule has 0 aliphatic heterocycles. The maximum Gasteiger partial charge on any atom is 0.283 e. The van der Waals surface area contributed by atoms with Crippen LogP contribution in [0.1, 0.15) is 5.76 Å². The SMILES string of the molecule is C(=N/Nc1nn[nH]n1)/c1ccco1. The van der Waals surface area contributed by atoms with Gasteiger partial charge in [-0.2, -0.15) is 10.3 Å². The van der Waals surface area contributed by atoms with Gasteiger partial charge in [-0.1, -0.05) is 5.10 Å². The van der Waals surface area contributed by atoms with Crippen LogP contribution < -0.4 is 5.43 Å². The third-order valence-electron chi connectivity index (χ3n) is 1.24. The van der Waals surface area contributed by atoms with Gasteiger partial charge in [0.25, 0.3) is 5.95 Å². The van der Waals surface area contributed by atoms with Crippen LogP contribution in [0.5, 0.6) is 0 Å². The summed E-state index contributed by atoms with van der Waals surface area (Å²) in [5.74, 6) is 0.957. The van der Waals surface area contributed by atoms with E-state index < -0.39 is 0 Å². The fourth-order valence-corrected chi connectivity index (χ4v) is 0.728. The van der Waals surface area contributed by atoms with Gasteiger partial charge in [0, 0.05) is 0 Å². The first-order valence-corrected chi connectivity index (χ1v) is 3.51. The minimum Gasteiger partial charge on any atom is -0.463 e. The van der Waals surface area contributed by atoms with E-state index in [2.05, 4.69) is 31.2 Å². The van der Waals surface area contributed by atoms with Gasteiger partial charge in [0.1, 0.15) is 5.76 Å². The van der Waals surface area contributed by atoms with Gasteiger partial charge < -0.3 is 4.42 Å². The summed E-state index contributed by atoms with van der Waals surface area (Å²) in [5.41, 5.74) is 2.56. The van der Waals surface area contributed by atoms with Crippen molar-refractivity contribution in [2.45, 2.75) is 0 Å². The molecule has 0 radical (unpaired) electrons. The summed E-state index contributed by atoms with van der Waals surface area (Å²) in [6.45, 7) is 0. The van der Waals surface area contributed by atoms with E-state index in [9.17, 15) is 0 Å². The smallest absolute Gasteiger partial charge is 0.283 e. The van der Waals surface area contributed by atoms with Crippen molar-refractivity contribution in [2.75, 3.05) is 5.43 Å². The largest absolute Gasteiger partial charge is 0.463 e. The van der Waals surface area contributed by atoms with Crippen LogP contribution in [-0.2, 0) is 0 Å². The molecule has 0 spiro atoms. The zero-order chi connectivity index (χ0) is 8.93. The molecule has 0 aliphatic carbocycles. The van der Waals surface area contributed by atoms with Crippen molar-refractivity contribution in [3.05, 3.63) is 24.2 Å². The van der Waals surface area contributed by atoms with Crippen LogP contribution in [0.4, 0.5) is 5.95 Å². The van der Waals surface area contributed by atoms with Crippen LogP contribution in [-0.4, -0.2) is 26.8 Å². The molecule has 0 aromatic carbocycles. The van der Waals surface area contributed by atoms with Gasteiger partial charge in [0.15, 0.2) is 0 Å². The van der Waals surface area contributed by atoms with E-state index in [1.54, 1.807) is 18.4 Å². The van der Waals surface area contributed by atoms with Crippen LogP contribution in [0.15, 0.2) is 27.9 Å². The van der Waals surface area contributed by atoms with E-state index in [0.29, 0.717) is 11.7 Å². The number of rotatable bonds is 3. The molecule has 0 fully saturated rings. The second-order valence-electron chi connectivity index (χ2n) is 2.12. The first-order valence-electron chi connectivity index (χ1n) is 3.51. The Hall–Kier alpha value is -2.18. The number of hydrogen-bond donors (Lipinski definition) is 2. The molecule has 0 saturated carbocycles. The third-order valence-corrected chi connectivity index (χ3v) is 1.24. The molecule has 2 heterocycles. The van der Waals surface area contributed by atoms with E-state index in [-0.39, 0.29) is 0 Å². The number of furan rings is 1. The Morgan fingerprint density at radius 2 is 2.62 bits per heavy atom. The monoisotopic (exact) mass is 178 g/mol. The van der Waals surface area contributed by atoms with E-state index in [1.165, 1.54) is 6.21 Å². The number of nitrogens with zero attached hydrogens (tertiary/aromatic N) is 4. The first kappa shape index (κ1) is 7.47. The van der Waals surface area contributed by atoms with Gasteiger partial charge >= 0.3 is 0 Å². The molecular weight excluding hydrogens is 172 g/mol. The number of aromatic nitrogens is 4. The van der Waals surface area contributed by atoms with Crippen molar-refractivity contribution in [1.82, 2.24) is 20.6 Å². The normalized spacial score (nSPS) is 10.8. The first-order chi connectivity index (χ1) is 6.45. The highest BCUT2D eigenvalue weighted by molar-refractivity contribution is 5.76. The summed E-state index contributed by atoms with van der Waals surface area (Å²) in [7, 11) is 0. The Balaban J connectivity index is 1.93. The van der Waals surface area contributed by atoms with E-state index in [4.69, 9.17) is 4.42 Å². The quantitative estimate of drug-likeness (QED) is 0.518. The van der Waals surface area contributed by atoms with Crippen LogP contribution in [0.25, 0.3) is 0 Å². The molecule has 7 heteroatoms. The number of anilines is 1. The topological polar surface area (TPSA) is 92.0 Å². The van der Waals surface area contributed by atoms with Crippen LogP contribution in [0.3, 0.4) is 0 Å². The lowest BCUT2D eigenvalue weighted by Crippen LogP contribution is -1.91. The van der Waals surface area contributed by atoms with Crippen LogP contribution >= 0.6 is 0 Å². The van der Waals surface area contributed by atoms with Gasteiger partial charge in [-0.05, 0) is 17.3 Å². The minimum atomic E-state index is 0.308. The average molecular weight is 178 g/mol. The van der Waals surface area contributed by atoms with Crippen LogP contribution in [0.2, 0.25) is 0 Å². The average Bonchev–Trinajstić information content (AvgIpc) is 2.75. The summed E-state index contributed by atoms with van der Waals surface area (Å²) < 4.78 is 5.00. The predicted octanol–water partition coefficient (Wildman–Crippen LogP) is 0.239. The molecule has 2 aromatic rings. The number of nitrogens with one attached hydrogen (secondary N) is 2. The second kappa shape index (κ2) is 3.48. The number of tetrazole rings is 1. The van der Waals surface area contributed by atoms with E-state index in [1.807, 2.05) is 0 Å². The maximum absolute atomic E-state index is 5.00. The van der Waals surface area contributed by atoms with E-state index in [0.717, 1.165) is 0 Å². The Morgan fingerprint density at radius 3 is 3.31 bits per heavy atom. The molecule has 7 nitrogen and oxygen atoms in total. The van der Waals surface area contributed by atoms with Crippen molar-refractivity contribution < 1.29 is 4.42 Å². The van der Waals surface area contributed by atoms with Gasteiger partial charge in [-0.15, -0.1) is 5.10 Å². The molecular formula is C6H6N6O. The molecule has 2 rings (SSSR count). The molecule has 0 saturated heterocycles. The zero-order valence-corrected chi connectivity index (χ0v) is 6.51. The lowest BCUT2D eigenvalue weighted by atomic mass is 10.5. The summed E-state index contributed by atoms with van der Waals surface area (Å²) in [6, 6.07) is 3.55. The molecule has 66 valence electrons. The Kier molecular flexibility index (Phi) is 2.00. The van der Waals surface area contributed by atoms with Crippen LogP contribution in [0, 0.1) is 0 Å². The number of hydrogen-bond acceptors (Lipinski definition) is 6. The summed E-state index contributed by atoms with van der Waals surface area (Å²) in [5, 5.41) is 16.7. The lowest BCUT2D eigenvalue weighted by molar-refractivity contribution is 0.560. The standard InChI is InChI=1S/C6H6N6O/c1-2-5(13-3-1)4-7-8-6-9-11-12-10-6/h1-4H,(H2,8,9,10,11,12)/b7-4-. The fraction of sp³-hybridized carbons (Fsp3) is 0. The summed E-state index contributed by atoms with van der Waals surface area (Å²) in [6.07, 6.45) is 3.08. The fourth-order valence-electron chi connectivity index (χ4n) is 0.728. The van der Waals surface area contributed by atoms with Crippen molar-refractivity contribution in [3.63, 3.8) is 0 Å². The Bertz CT molecular complexity index is 364. The predicted molar refractivity (Wildman–Crippen MR) is 44.1 cm³/mol. The molecule has 0 atom stereocenters. The van der Waals surface area contributed by atoms with Gasteiger partial charge in [-0.3, -0.25) is 0 Å². The molecule has 0 bridgehead atoms. The van der Waals surface area contributed by atoms with Gasteiger partial charge in [0.2, 0.25) is 0 Å². The molecule has 0 amide bonds. The highest BCUT2D eigenvalue weighted by atomic mass is 16.3. The Morgan fingerprint density at radius 1 is 1.62 bits per heavy atom. The van der Waals surface area contributed by atoms with Crippen molar-refractivity contribution in [2.24, 2.45) is 5.10 Å². The molecule has 13 heavy (non-hydrogen) atoms.